The summed E-state index contributed by atoms with van der Waals surface area (Å²) in [6.45, 7) is 9.15. The molecule has 1 aromatic carbocycles. The first-order valence-electron chi connectivity index (χ1n) is 11.0. The molecule has 0 unspecified atom stereocenters. The summed E-state index contributed by atoms with van der Waals surface area (Å²) >= 11 is 0. The summed E-state index contributed by atoms with van der Waals surface area (Å²) in [5.41, 5.74) is 4.59. The second-order valence-corrected chi connectivity index (χ2v) is 8.45. The summed E-state index contributed by atoms with van der Waals surface area (Å²) < 4.78 is 17.1. The summed E-state index contributed by atoms with van der Waals surface area (Å²) in [7, 11) is 0. The second-order valence-electron chi connectivity index (χ2n) is 8.45. The van der Waals surface area contributed by atoms with Gasteiger partial charge in [-0.25, -0.2) is 4.98 Å². The Morgan fingerprint density at radius 2 is 1.94 bits per heavy atom. The highest BCUT2D eigenvalue weighted by Crippen LogP contribution is 2.31. The molecule has 33 heavy (non-hydrogen) atoms. The maximum absolute atomic E-state index is 13.4. The molecule has 1 aliphatic rings. The minimum atomic E-state index is -0.336. The molecule has 1 fully saturated rings. The lowest BCUT2D eigenvalue weighted by atomic mass is 10.0. The molecule has 1 saturated heterocycles. The topological polar surface area (TPSA) is 93.6 Å². The Kier molecular flexibility index (Phi) is 5.38. The van der Waals surface area contributed by atoms with Crippen LogP contribution >= 0.6 is 0 Å². The molecule has 0 bridgehead atoms. The molecule has 4 aromatic rings. The third kappa shape index (κ3) is 3.98. The van der Waals surface area contributed by atoms with Crippen LogP contribution in [0.4, 0.5) is 11.6 Å². The fourth-order valence-corrected chi connectivity index (χ4v) is 4.14. The Morgan fingerprint density at radius 3 is 2.73 bits per heavy atom. The highest BCUT2D eigenvalue weighted by molar-refractivity contribution is 5.99. The van der Waals surface area contributed by atoms with E-state index >= 15 is 0 Å². The van der Waals surface area contributed by atoms with Gasteiger partial charge in [0, 0.05) is 23.6 Å². The minimum Gasteiger partial charge on any atom is -0.450 e. The van der Waals surface area contributed by atoms with E-state index in [0.717, 1.165) is 33.4 Å². The number of aryl methyl sites for hydroxylation is 4. The first-order valence-corrected chi connectivity index (χ1v) is 11.0. The first kappa shape index (κ1) is 21.2. The summed E-state index contributed by atoms with van der Waals surface area (Å²) in [5.74, 6) is 2.20. The number of fused-ring (bicyclic) bond motifs is 1. The molecule has 0 saturated carbocycles. The molecule has 0 aliphatic carbocycles. The number of anilines is 2. The van der Waals surface area contributed by atoms with Gasteiger partial charge in [0.05, 0.1) is 18.8 Å². The molecule has 0 spiro atoms. The van der Waals surface area contributed by atoms with Crippen LogP contribution in [0.15, 0.2) is 45.3 Å². The molecule has 1 aliphatic heterocycles. The number of amides is 1. The zero-order chi connectivity index (χ0) is 23.1. The van der Waals surface area contributed by atoms with Gasteiger partial charge in [0.1, 0.15) is 23.3 Å². The molecule has 8 heteroatoms. The number of carbonyl (C=O) groups is 1. The van der Waals surface area contributed by atoms with Crippen molar-refractivity contribution in [1.82, 2.24) is 15.0 Å². The summed E-state index contributed by atoms with van der Waals surface area (Å²) in [6.07, 6.45) is -0.336. The van der Waals surface area contributed by atoms with Crippen LogP contribution in [0.2, 0.25) is 0 Å². The van der Waals surface area contributed by atoms with Gasteiger partial charge in [-0.05, 0) is 51.0 Å². The lowest BCUT2D eigenvalue weighted by Crippen LogP contribution is -2.42. The van der Waals surface area contributed by atoms with E-state index in [0.29, 0.717) is 42.9 Å². The molecule has 1 atom stereocenters. The van der Waals surface area contributed by atoms with Crippen LogP contribution in [0, 0.1) is 27.7 Å². The maximum atomic E-state index is 13.4. The number of hydrogen-bond donors (Lipinski definition) is 1. The fourth-order valence-electron chi connectivity index (χ4n) is 4.14. The SMILES string of the molecule is Cc1cc(Nc2cccc([C@@H]3CN(C(=O)c4oc5c(C)c(C)ccc5c4C)CCO3)n2)no1. The quantitative estimate of drug-likeness (QED) is 0.471. The highest BCUT2D eigenvalue weighted by atomic mass is 16.5. The highest BCUT2D eigenvalue weighted by Gasteiger charge is 2.30. The van der Waals surface area contributed by atoms with Crippen molar-refractivity contribution in [3.05, 3.63) is 70.3 Å². The van der Waals surface area contributed by atoms with Gasteiger partial charge in [0.15, 0.2) is 11.6 Å². The molecular formula is C25H26N4O4. The van der Waals surface area contributed by atoms with Crippen molar-refractivity contribution < 1.29 is 18.5 Å². The summed E-state index contributed by atoms with van der Waals surface area (Å²) in [6, 6.07) is 11.5. The zero-order valence-electron chi connectivity index (χ0n) is 19.1. The number of benzene rings is 1. The van der Waals surface area contributed by atoms with E-state index in [-0.39, 0.29) is 12.0 Å². The molecule has 170 valence electrons. The number of rotatable bonds is 4. The number of carbonyl (C=O) groups excluding carboxylic acids is 1. The van der Waals surface area contributed by atoms with Gasteiger partial charge in [0.2, 0.25) is 0 Å². The number of aromatic nitrogens is 2. The lowest BCUT2D eigenvalue weighted by Gasteiger charge is -2.32. The van der Waals surface area contributed by atoms with E-state index in [1.54, 1.807) is 11.0 Å². The number of ether oxygens (including phenoxy) is 1. The van der Waals surface area contributed by atoms with Crippen LogP contribution in [-0.2, 0) is 4.74 Å². The molecule has 1 amide bonds. The van der Waals surface area contributed by atoms with Crippen molar-refractivity contribution in [2.24, 2.45) is 0 Å². The van der Waals surface area contributed by atoms with Crippen molar-refractivity contribution in [1.29, 1.82) is 0 Å². The van der Waals surface area contributed by atoms with Crippen LogP contribution in [0.1, 0.15) is 44.8 Å². The molecule has 1 N–H and O–H groups in total. The second kappa shape index (κ2) is 8.37. The van der Waals surface area contributed by atoms with Gasteiger partial charge in [-0.15, -0.1) is 0 Å². The Hall–Kier alpha value is -3.65. The van der Waals surface area contributed by atoms with Crippen molar-refractivity contribution in [2.45, 2.75) is 33.8 Å². The van der Waals surface area contributed by atoms with Crippen molar-refractivity contribution >= 4 is 28.5 Å². The lowest BCUT2D eigenvalue weighted by molar-refractivity contribution is -0.0255. The molecule has 3 aromatic heterocycles. The Morgan fingerprint density at radius 1 is 1.09 bits per heavy atom. The predicted molar refractivity (Wildman–Crippen MR) is 124 cm³/mol. The van der Waals surface area contributed by atoms with Crippen molar-refractivity contribution in [3.8, 4) is 0 Å². The van der Waals surface area contributed by atoms with Crippen LogP contribution in [-0.4, -0.2) is 40.6 Å². The van der Waals surface area contributed by atoms with E-state index in [4.69, 9.17) is 13.7 Å². The molecule has 0 radical (unpaired) electrons. The number of nitrogens with zero attached hydrogens (tertiary/aromatic N) is 3. The molecule has 8 nitrogen and oxygen atoms in total. The van der Waals surface area contributed by atoms with Crippen molar-refractivity contribution in [3.63, 3.8) is 0 Å². The van der Waals surface area contributed by atoms with E-state index in [2.05, 4.69) is 21.5 Å². The average Bonchev–Trinajstić information content (AvgIpc) is 3.39. The predicted octanol–water partition coefficient (Wildman–Crippen LogP) is 5.01. The monoisotopic (exact) mass is 446 g/mol. The third-order valence-corrected chi connectivity index (χ3v) is 6.16. The van der Waals surface area contributed by atoms with E-state index in [1.165, 1.54) is 0 Å². The number of furan rings is 1. The molecule has 4 heterocycles. The van der Waals surface area contributed by atoms with E-state index < -0.39 is 0 Å². The van der Waals surface area contributed by atoms with Gasteiger partial charge >= 0.3 is 0 Å². The summed E-state index contributed by atoms with van der Waals surface area (Å²) in [5, 5.41) is 8.05. The largest absolute Gasteiger partial charge is 0.450 e. The van der Waals surface area contributed by atoms with Crippen LogP contribution < -0.4 is 5.32 Å². The van der Waals surface area contributed by atoms with Crippen LogP contribution in [0.25, 0.3) is 11.0 Å². The Bertz CT molecular complexity index is 1340. The fraction of sp³-hybridized carbons (Fsp3) is 0.320. The first-order chi connectivity index (χ1) is 15.9. The smallest absolute Gasteiger partial charge is 0.290 e. The minimum absolute atomic E-state index is 0.124. The van der Waals surface area contributed by atoms with Crippen molar-refractivity contribution in [2.75, 3.05) is 25.0 Å². The third-order valence-electron chi connectivity index (χ3n) is 6.16. The molecular weight excluding hydrogens is 420 g/mol. The van der Waals surface area contributed by atoms with Gasteiger partial charge in [0.25, 0.3) is 5.91 Å². The number of nitrogens with one attached hydrogen (secondary N) is 1. The number of pyridine rings is 1. The number of hydrogen-bond acceptors (Lipinski definition) is 7. The van der Waals surface area contributed by atoms with Gasteiger partial charge < -0.3 is 23.9 Å². The van der Waals surface area contributed by atoms with Gasteiger partial charge in [-0.1, -0.05) is 23.4 Å². The van der Waals surface area contributed by atoms with Gasteiger partial charge in [-0.2, -0.15) is 0 Å². The summed E-state index contributed by atoms with van der Waals surface area (Å²) in [4.78, 5) is 19.8. The number of morpholine rings is 1. The Balaban J connectivity index is 1.36. The van der Waals surface area contributed by atoms with Crippen LogP contribution in [0.3, 0.4) is 0 Å². The zero-order valence-corrected chi connectivity index (χ0v) is 19.1. The van der Waals surface area contributed by atoms with Gasteiger partial charge in [-0.3, -0.25) is 4.79 Å². The Labute approximate surface area is 191 Å². The van der Waals surface area contributed by atoms with Crippen LogP contribution in [0.5, 0.6) is 0 Å². The van der Waals surface area contributed by atoms with E-state index in [9.17, 15) is 4.79 Å². The normalized spacial score (nSPS) is 16.4. The maximum Gasteiger partial charge on any atom is 0.290 e. The standard InChI is InChI=1S/C25H26N4O4/c1-14-8-9-18-17(4)24(32-23(18)16(14)3)25(30)29-10-11-31-20(13-29)19-6-5-7-21(26-19)27-22-12-15(2)33-28-22/h5-9,12,20H,10-11,13H2,1-4H3,(H,26,27,28)/t20-/m0/s1. The van der Waals surface area contributed by atoms with E-state index in [1.807, 2.05) is 52.0 Å². The average molecular weight is 447 g/mol. The molecule has 5 rings (SSSR count).